The molecule has 0 saturated carbocycles. The molecule has 17 heavy (non-hydrogen) atoms. The maximum Gasteiger partial charge on any atom is 0.151 e. The Balaban J connectivity index is 2.71. The Labute approximate surface area is 110 Å². The molecule has 0 aliphatic rings. The fourth-order valence-electron chi connectivity index (χ4n) is 1.19. The van der Waals surface area contributed by atoms with E-state index in [0.29, 0.717) is 5.69 Å². The average molecular weight is 300 g/mol. The van der Waals surface area contributed by atoms with E-state index in [0.717, 1.165) is 12.1 Å². The molecule has 7 heteroatoms. The number of sulfone groups is 1. The molecule has 0 aliphatic carbocycles. The van der Waals surface area contributed by atoms with Gasteiger partial charge in [-0.15, -0.1) is 0 Å². The molecule has 1 rings (SSSR count). The zero-order valence-corrected chi connectivity index (χ0v) is 11.5. The van der Waals surface area contributed by atoms with Gasteiger partial charge in [0, 0.05) is 12.3 Å². The zero-order chi connectivity index (χ0) is 13.1. The van der Waals surface area contributed by atoms with Crippen molar-refractivity contribution in [1.82, 2.24) is 0 Å². The quantitative estimate of drug-likeness (QED) is 0.909. The van der Waals surface area contributed by atoms with E-state index in [9.17, 15) is 12.8 Å². The monoisotopic (exact) mass is 299 g/mol. The number of hydrogen-bond donors (Lipinski definition) is 1. The van der Waals surface area contributed by atoms with E-state index >= 15 is 0 Å². The van der Waals surface area contributed by atoms with Crippen LogP contribution in [-0.4, -0.2) is 26.5 Å². The number of nitrogens with one attached hydrogen (secondary N) is 1. The van der Waals surface area contributed by atoms with Crippen LogP contribution in [-0.2, 0) is 9.84 Å². The fourth-order valence-corrected chi connectivity index (χ4v) is 2.48. The van der Waals surface area contributed by atoms with Crippen molar-refractivity contribution in [3.8, 4) is 0 Å². The van der Waals surface area contributed by atoms with E-state index in [-0.39, 0.29) is 28.1 Å². The third-order valence-corrected chi connectivity index (χ3v) is 4.46. The predicted molar refractivity (Wildman–Crippen MR) is 69.2 cm³/mol. The second-order valence-corrected chi connectivity index (χ2v) is 6.69. The van der Waals surface area contributed by atoms with Crippen molar-refractivity contribution in [2.45, 2.75) is 6.92 Å². The maximum atomic E-state index is 12.9. The van der Waals surface area contributed by atoms with E-state index in [4.69, 9.17) is 23.2 Å². The molecule has 0 amide bonds. The van der Waals surface area contributed by atoms with Crippen LogP contribution in [0.3, 0.4) is 0 Å². The highest BCUT2D eigenvalue weighted by molar-refractivity contribution is 7.91. The van der Waals surface area contributed by atoms with Crippen LogP contribution in [0.4, 0.5) is 10.1 Å². The van der Waals surface area contributed by atoms with Gasteiger partial charge in [0.1, 0.15) is 5.82 Å². The van der Waals surface area contributed by atoms with Crippen molar-refractivity contribution in [1.29, 1.82) is 0 Å². The third kappa shape index (κ3) is 4.33. The van der Waals surface area contributed by atoms with Gasteiger partial charge in [-0.1, -0.05) is 30.1 Å². The van der Waals surface area contributed by atoms with Crippen molar-refractivity contribution in [2.24, 2.45) is 0 Å². The molecular weight excluding hydrogens is 288 g/mol. The number of rotatable bonds is 5. The van der Waals surface area contributed by atoms with Gasteiger partial charge in [0.15, 0.2) is 9.84 Å². The van der Waals surface area contributed by atoms with Crippen molar-refractivity contribution >= 4 is 38.7 Å². The Morgan fingerprint density at radius 3 is 2.29 bits per heavy atom. The Bertz CT molecular complexity index is 482. The van der Waals surface area contributed by atoms with Gasteiger partial charge < -0.3 is 5.32 Å². The van der Waals surface area contributed by atoms with Gasteiger partial charge >= 0.3 is 0 Å². The van der Waals surface area contributed by atoms with Crippen molar-refractivity contribution in [3.63, 3.8) is 0 Å². The maximum absolute atomic E-state index is 12.9. The highest BCUT2D eigenvalue weighted by Gasteiger charge is 2.10. The first-order valence-corrected chi connectivity index (χ1v) is 7.52. The molecule has 0 atom stereocenters. The van der Waals surface area contributed by atoms with Gasteiger partial charge in [-0.05, 0) is 12.1 Å². The summed E-state index contributed by atoms with van der Waals surface area (Å²) in [5, 5.41) is 3.05. The molecule has 1 N–H and O–H groups in total. The van der Waals surface area contributed by atoms with E-state index in [1.807, 2.05) is 0 Å². The lowest BCUT2D eigenvalue weighted by Gasteiger charge is -2.10. The second kappa shape index (κ2) is 5.89. The summed E-state index contributed by atoms with van der Waals surface area (Å²) in [5.41, 5.74) is 0.348. The predicted octanol–water partition coefficient (Wildman–Crippen LogP) is 2.98. The minimum absolute atomic E-state index is 0.0203. The first-order valence-electron chi connectivity index (χ1n) is 4.94. The van der Waals surface area contributed by atoms with E-state index in [1.165, 1.54) is 0 Å². The van der Waals surface area contributed by atoms with Crippen molar-refractivity contribution in [2.75, 3.05) is 23.4 Å². The fraction of sp³-hybridized carbons (Fsp3) is 0.400. The summed E-state index contributed by atoms with van der Waals surface area (Å²) in [6, 6.07) is 2.23. The lowest BCUT2D eigenvalue weighted by Crippen LogP contribution is -2.17. The molecule has 3 nitrogen and oxygen atoms in total. The summed E-state index contributed by atoms with van der Waals surface area (Å²) in [7, 11) is -3.05. The van der Waals surface area contributed by atoms with Crippen LogP contribution in [0.5, 0.6) is 0 Å². The summed E-state index contributed by atoms with van der Waals surface area (Å²) in [6.07, 6.45) is 0. The third-order valence-electron chi connectivity index (χ3n) is 2.16. The summed E-state index contributed by atoms with van der Waals surface area (Å²) in [5.74, 6) is -0.473. The largest absolute Gasteiger partial charge is 0.382 e. The minimum Gasteiger partial charge on any atom is -0.382 e. The molecule has 1 aromatic carbocycles. The summed E-state index contributed by atoms with van der Waals surface area (Å²) in [4.78, 5) is 0. The molecule has 0 unspecified atom stereocenters. The van der Waals surface area contributed by atoms with Crippen molar-refractivity contribution in [3.05, 3.63) is 28.0 Å². The SMILES string of the molecule is CCS(=O)(=O)CCNc1c(Cl)cc(F)cc1Cl. The molecule has 1 aromatic rings. The van der Waals surface area contributed by atoms with E-state index in [1.54, 1.807) is 6.92 Å². The van der Waals surface area contributed by atoms with Gasteiger partial charge in [-0.2, -0.15) is 0 Å². The number of halogens is 3. The smallest absolute Gasteiger partial charge is 0.151 e. The van der Waals surface area contributed by atoms with Crippen LogP contribution in [0.2, 0.25) is 10.0 Å². The van der Waals surface area contributed by atoms with Gasteiger partial charge in [-0.25, -0.2) is 12.8 Å². The van der Waals surface area contributed by atoms with Gasteiger partial charge in [0.05, 0.1) is 21.5 Å². The van der Waals surface area contributed by atoms with Crippen LogP contribution >= 0.6 is 23.2 Å². The normalized spacial score (nSPS) is 11.5. The Morgan fingerprint density at radius 1 is 1.29 bits per heavy atom. The van der Waals surface area contributed by atoms with Crippen LogP contribution in [0.1, 0.15) is 6.92 Å². The lowest BCUT2D eigenvalue weighted by atomic mass is 10.3. The molecule has 0 bridgehead atoms. The van der Waals surface area contributed by atoms with Crippen LogP contribution in [0.25, 0.3) is 0 Å². The Kier molecular flexibility index (Phi) is 5.04. The summed E-state index contributed by atoms with van der Waals surface area (Å²) < 4.78 is 35.4. The van der Waals surface area contributed by atoms with E-state index in [2.05, 4.69) is 5.32 Å². The molecule has 0 fully saturated rings. The lowest BCUT2D eigenvalue weighted by molar-refractivity contribution is 0.597. The van der Waals surface area contributed by atoms with Crippen LogP contribution in [0.15, 0.2) is 12.1 Å². The number of benzene rings is 1. The van der Waals surface area contributed by atoms with Crippen molar-refractivity contribution < 1.29 is 12.8 Å². The molecule has 0 aromatic heterocycles. The molecule has 0 saturated heterocycles. The molecule has 0 heterocycles. The molecule has 0 aliphatic heterocycles. The Hall–Kier alpha value is -0.520. The Morgan fingerprint density at radius 2 is 1.82 bits per heavy atom. The first kappa shape index (κ1) is 14.5. The number of hydrogen-bond acceptors (Lipinski definition) is 3. The molecule has 96 valence electrons. The zero-order valence-electron chi connectivity index (χ0n) is 9.13. The van der Waals surface area contributed by atoms with Gasteiger partial charge in [-0.3, -0.25) is 0 Å². The standard InChI is InChI=1S/C10H12Cl2FNO2S/c1-2-17(15,16)4-3-14-10-8(11)5-7(13)6-9(10)12/h5-6,14H,2-4H2,1H3. The first-order chi connectivity index (χ1) is 7.85. The average Bonchev–Trinajstić information content (AvgIpc) is 2.22. The number of anilines is 1. The van der Waals surface area contributed by atoms with Crippen LogP contribution in [0, 0.1) is 5.82 Å². The van der Waals surface area contributed by atoms with Gasteiger partial charge in [0.2, 0.25) is 0 Å². The second-order valence-electron chi connectivity index (χ2n) is 3.41. The minimum atomic E-state index is -3.05. The highest BCUT2D eigenvalue weighted by atomic mass is 35.5. The van der Waals surface area contributed by atoms with Gasteiger partial charge in [0.25, 0.3) is 0 Å². The summed E-state index contributed by atoms with van der Waals surface area (Å²) in [6.45, 7) is 1.76. The molecule has 0 radical (unpaired) electrons. The molecular formula is C10H12Cl2FNO2S. The highest BCUT2D eigenvalue weighted by Crippen LogP contribution is 2.31. The van der Waals surface area contributed by atoms with Crippen LogP contribution < -0.4 is 5.32 Å². The topological polar surface area (TPSA) is 46.2 Å². The molecule has 0 spiro atoms. The summed E-state index contributed by atoms with van der Waals surface area (Å²) >= 11 is 11.6. The van der Waals surface area contributed by atoms with E-state index < -0.39 is 15.7 Å².